The number of rotatable bonds is 4. The van der Waals surface area contributed by atoms with E-state index in [-0.39, 0.29) is 0 Å². The van der Waals surface area contributed by atoms with Crippen LogP contribution in [0.25, 0.3) is 0 Å². The molecule has 0 saturated carbocycles. The van der Waals surface area contributed by atoms with Gasteiger partial charge < -0.3 is 4.74 Å². The van der Waals surface area contributed by atoms with Crippen LogP contribution in [0, 0.1) is 0 Å². The van der Waals surface area contributed by atoms with Gasteiger partial charge in [0.25, 0.3) is 0 Å². The number of ether oxygens (including phenoxy) is 1. The van der Waals surface area contributed by atoms with Gasteiger partial charge in [-0.2, -0.15) is 0 Å². The van der Waals surface area contributed by atoms with Crippen LogP contribution in [0.4, 0.5) is 0 Å². The van der Waals surface area contributed by atoms with Crippen molar-refractivity contribution in [3.8, 4) is 5.75 Å². The predicted octanol–water partition coefficient (Wildman–Crippen LogP) is 3.79. The molecule has 0 fully saturated rings. The van der Waals surface area contributed by atoms with Crippen LogP contribution in [0.3, 0.4) is 0 Å². The number of hydrogen-bond acceptors (Lipinski definition) is 1. The Bertz CT molecular complexity index is 294. The molecule has 0 aromatic heterocycles. The van der Waals surface area contributed by atoms with E-state index in [0.717, 1.165) is 22.2 Å². The molecule has 0 heterocycles. The van der Waals surface area contributed by atoms with Gasteiger partial charge in [0.15, 0.2) is 0 Å². The van der Waals surface area contributed by atoms with E-state index in [4.69, 9.17) is 4.74 Å². The third-order valence-corrected chi connectivity index (χ3v) is 2.42. The number of halogens is 1. The Morgan fingerprint density at radius 3 is 2.77 bits per heavy atom. The quantitative estimate of drug-likeness (QED) is 0.728. The first-order chi connectivity index (χ1) is 6.24. The number of benzene rings is 1. The van der Waals surface area contributed by atoms with Crippen LogP contribution in [-0.4, -0.2) is 6.61 Å². The Morgan fingerprint density at radius 2 is 2.15 bits per heavy atom. The summed E-state index contributed by atoms with van der Waals surface area (Å²) in [6, 6.07) is 7.82. The highest BCUT2D eigenvalue weighted by atomic mass is 79.9. The standard InChI is InChI=1S/C11H13BrO/c1-3-9(2)8-13-11-7-5-4-6-10(11)12/h4-7H,2-3,8H2,1H3. The summed E-state index contributed by atoms with van der Waals surface area (Å²) < 4.78 is 6.53. The summed E-state index contributed by atoms with van der Waals surface area (Å²) in [6.07, 6.45) is 0.963. The molecule has 0 aliphatic carbocycles. The molecule has 1 rings (SSSR count). The van der Waals surface area contributed by atoms with Crippen LogP contribution >= 0.6 is 15.9 Å². The molecule has 0 spiro atoms. The van der Waals surface area contributed by atoms with E-state index in [1.165, 1.54) is 0 Å². The number of hydrogen-bond donors (Lipinski definition) is 0. The van der Waals surface area contributed by atoms with E-state index >= 15 is 0 Å². The monoisotopic (exact) mass is 240 g/mol. The highest BCUT2D eigenvalue weighted by Gasteiger charge is 1.98. The fourth-order valence-corrected chi connectivity index (χ4v) is 1.24. The van der Waals surface area contributed by atoms with E-state index in [9.17, 15) is 0 Å². The van der Waals surface area contributed by atoms with Crippen molar-refractivity contribution in [1.82, 2.24) is 0 Å². The summed E-state index contributed by atoms with van der Waals surface area (Å²) in [5.41, 5.74) is 1.11. The van der Waals surface area contributed by atoms with Crippen molar-refractivity contribution in [3.05, 3.63) is 40.9 Å². The van der Waals surface area contributed by atoms with Crippen LogP contribution in [0.2, 0.25) is 0 Å². The third kappa shape index (κ3) is 3.23. The average molecular weight is 241 g/mol. The highest BCUT2D eigenvalue weighted by molar-refractivity contribution is 9.10. The van der Waals surface area contributed by atoms with Crippen LogP contribution < -0.4 is 4.74 Å². The van der Waals surface area contributed by atoms with Gasteiger partial charge >= 0.3 is 0 Å². The van der Waals surface area contributed by atoms with Gasteiger partial charge in [0.05, 0.1) is 4.47 Å². The molecule has 0 amide bonds. The Balaban J connectivity index is 2.54. The minimum atomic E-state index is 0.596. The molecule has 1 nitrogen and oxygen atoms in total. The summed E-state index contributed by atoms with van der Waals surface area (Å²) >= 11 is 3.41. The summed E-state index contributed by atoms with van der Waals surface area (Å²) in [4.78, 5) is 0. The van der Waals surface area contributed by atoms with Gasteiger partial charge in [0.2, 0.25) is 0 Å². The average Bonchev–Trinajstić information content (AvgIpc) is 2.16. The molecule has 0 aliphatic rings. The second kappa shape index (κ2) is 5.07. The largest absolute Gasteiger partial charge is 0.488 e. The summed E-state index contributed by atoms with van der Waals surface area (Å²) in [6.45, 7) is 6.55. The van der Waals surface area contributed by atoms with Gasteiger partial charge in [-0.1, -0.05) is 25.6 Å². The van der Waals surface area contributed by atoms with Crippen LogP contribution in [-0.2, 0) is 0 Å². The van der Waals surface area contributed by atoms with E-state index in [0.29, 0.717) is 6.61 Å². The molecule has 0 aliphatic heterocycles. The van der Waals surface area contributed by atoms with Gasteiger partial charge in [-0.05, 0) is 40.1 Å². The summed E-state index contributed by atoms with van der Waals surface area (Å²) in [7, 11) is 0. The minimum absolute atomic E-state index is 0.596. The normalized spacial score (nSPS) is 9.69. The fourth-order valence-electron chi connectivity index (χ4n) is 0.844. The zero-order valence-corrected chi connectivity index (χ0v) is 9.30. The maximum atomic E-state index is 5.54. The lowest BCUT2D eigenvalue weighted by Crippen LogP contribution is -1.99. The molecule has 1 aromatic rings. The zero-order chi connectivity index (χ0) is 9.68. The Labute approximate surface area is 87.5 Å². The first-order valence-electron chi connectivity index (χ1n) is 4.28. The lowest BCUT2D eigenvalue weighted by atomic mass is 10.2. The predicted molar refractivity (Wildman–Crippen MR) is 59.1 cm³/mol. The Morgan fingerprint density at radius 1 is 1.46 bits per heavy atom. The maximum absolute atomic E-state index is 5.54. The fraction of sp³-hybridized carbons (Fsp3) is 0.273. The van der Waals surface area contributed by atoms with Crippen molar-refractivity contribution in [3.63, 3.8) is 0 Å². The van der Waals surface area contributed by atoms with Gasteiger partial charge in [-0.15, -0.1) is 0 Å². The number of para-hydroxylation sites is 1. The van der Waals surface area contributed by atoms with E-state index in [1.807, 2.05) is 24.3 Å². The third-order valence-electron chi connectivity index (χ3n) is 1.77. The van der Waals surface area contributed by atoms with Gasteiger partial charge in [0, 0.05) is 0 Å². The summed E-state index contributed by atoms with van der Waals surface area (Å²) in [5, 5.41) is 0. The molecule has 13 heavy (non-hydrogen) atoms. The van der Waals surface area contributed by atoms with Crippen molar-refractivity contribution in [2.75, 3.05) is 6.61 Å². The second-order valence-corrected chi connectivity index (χ2v) is 3.68. The molecule has 0 unspecified atom stereocenters. The molecule has 0 saturated heterocycles. The molecule has 0 radical (unpaired) electrons. The first-order valence-corrected chi connectivity index (χ1v) is 5.07. The van der Waals surface area contributed by atoms with Crippen molar-refractivity contribution in [2.45, 2.75) is 13.3 Å². The van der Waals surface area contributed by atoms with Crippen molar-refractivity contribution in [1.29, 1.82) is 0 Å². The van der Waals surface area contributed by atoms with Gasteiger partial charge in [0.1, 0.15) is 12.4 Å². The summed E-state index contributed by atoms with van der Waals surface area (Å²) in [5.74, 6) is 0.872. The van der Waals surface area contributed by atoms with Crippen LogP contribution in [0.15, 0.2) is 40.9 Å². The molecule has 0 N–H and O–H groups in total. The Kier molecular flexibility index (Phi) is 4.03. The molecular formula is C11H13BrO. The molecule has 0 bridgehead atoms. The lowest BCUT2D eigenvalue weighted by Gasteiger charge is -2.08. The van der Waals surface area contributed by atoms with Gasteiger partial charge in [-0.25, -0.2) is 0 Å². The molecule has 1 aromatic carbocycles. The molecule has 70 valence electrons. The Hall–Kier alpha value is -0.760. The second-order valence-electron chi connectivity index (χ2n) is 2.82. The van der Waals surface area contributed by atoms with Crippen molar-refractivity contribution < 1.29 is 4.74 Å². The topological polar surface area (TPSA) is 9.23 Å². The minimum Gasteiger partial charge on any atom is -0.488 e. The van der Waals surface area contributed by atoms with E-state index < -0.39 is 0 Å². The van der Waals surface area contributed by atoms with E-state index in [2.05, 4.69) is 29.4 Å². The first kappa shape index (κ1) is 10.3. The van der Waals surface area contributed by atoms with Crippen molar-refractivity contribution >= 4 is 15.9 Å². The molecule has 2 heteroatoms. The van der Waals surface area contributed by atoms with E-state index in [1.54, 1.807) is 0 Å². The van der Waals surface area contributed by atoms with Gasteiger partial charge in [-0.3, -0.25) is 0 Å². The van der Waals surface area contributed by atoms with Crippen LogP contribution in [0.5, 0.6) is 5.75 Å². The lowest BCUT2D eigenvalue weighted by molar-refractivity contribution is 0.347. The molecular weight excluding hydrogens is 228 g/mol. The smallest absolute Gasteiger partial charge is 0.133 e. The SMILES string of the molecule is C=C(CC)COc1ccccc1Br. The highest BCUT2D eigenvalue weighted by Crippen LogP contribution is 2.24. The zero-order valence-electron chi connectivity index (χ0n) is 7.72. The maximum Gasteiger partial charge on any atom is 0.133 e. The van der Waals surface area contributed by atoms with Crippen molar-refractivity contribution in [2.24, 2.45) is 0 Å². The molecule has 0 atom stereocenters. The van der Waals surface area contributed by atoms with Crippen LogP contribution in [0.1, 0.15) is 13.3 Å².